The second-order valence-corrected chi connectivity index (χ2v) is 8.41. The van der Waals surface area contributed by atoms with Gasteiger partial charge in [-0.2, -0.15) is 13.2 Å². The number of aromatic nitrogens is 2. The lowest BCUT2D eigenvalue weighted by Crippen LogP contribution is -2.30. The van der Waals surface area contributed by atoms with Crippen LogP contribution in [0, 0.1) is 0 Å². The molecule has 4 aromatic rings. The van der Waals surface area contributed by atoms with Crippen molar-refractivity contribution in [2.24, 2.45) is 0 Å². The van der Waals surface area contributed by atoms with Crippen molar-refractivity contribution in [1.82, 2.24) is 14.9 Å². The van der Waals surface area contributed by atoms with E-state index >= 15 is 0 Å². The maximum absolute atomic E-state index is 13.0. The minimum atomic E-state index is -4.39. The zero-order valence-electron chi connectivity index (χ0n) is 17.4. The monoisotopic (exact) mass is 469 g/mol. The van der Waals surface area contributed by atoms with Crippen molar-refractivity contribution >= 4 is 11.6 Å². The van der Waals surface area contributed by atoms with E-state index in [0.717, 1.165) is 41.9 Å². The van der Waals surface area contributed by atoms with E-state index in [2.05, 4.69) is 9.88 Å². The predicted molar refractivity (Wildman–Crippen MR) is 119 cm³/mol. The number of furan rings is 1. The Kier molecular flexibility index (Phi) is 5.68. The van der Waals surface area contributed by atoms with E-state index in [-0.39, 0.29) is 0 Å². The number of nitrogens with zero attached hydrogens (tertiary/aromatic N) is 3. The summed E-state index contributed by atoms with van der Waals surface area (Å²) < 4.78 is 44.9. The predicted octanol–water partition coefficient (Wildman–Crippen LogP) is 6.63. The minimum absolute atomic E-state index is 0.406. The molecule has 0 atom stereocenters. The first-order valence-electron chi connectivity index (χ1n) is 10.4. The first-order valence-corrected chi connectivity index (χ1v) is 10.8. The van der Waals surface area contributed by atoms with Crippen molar-refractivity contribution in [3.63, 3.8) is 0 Å². The lowest BCUT2D eigenvalue weighted by atomic mass is 10.1. The summed E-state index contributed by atoms with van der Waals surface area (Å²) in [6, 6.07) is 16.1. The molecule has 0 radical (unpaired) electrons. The summed E-state index contributed by atoms with van der Waals surface area (Å²) in [6.07, 6.45) is -1.75. The Hall–Kier alpha value is -3.16. The minimum Gasteiger partial charge on any atom is -0.460 e. The summed E-state index contributed by atoms with van der Waals surface area (Å²) in [4.78, 5) is 11.5. The van der Waals surface area contributed by atoms with Crippen LogP contribution in [-0.4, -0.2) is 21.4 Å². The fourth-order valence-corrected chi connectivity index (χ4v) is 4.06. The quantitative estimate of drug-likeness (QED) is 0.336. The molecule has 33 heavy (non-hydrogen) atoms. The zero-order valence-corrected chi connectivity index (χ0v) is 18.2. The topological polar surface area (TPSA) is 42.2 Å². The van der Waals surface area contributed by atoms with E-state index in [9.17, 15) is 13.2 Å². The van der Waals surface area contributed by atoms with Crippen LogP contribution in [0.3, 0.4) is 0 Å². The van der Waals surface area contributed by atoms with E-state index in [1.165, 1.54) is 6.07 Å². The lowest BCUT2D eigenvalue weighted by molar-refractivity contribution is -0.137. The maximum atomic E-state index is 13.0. The second-order valence-electron chi connectivity index (χ2n) is 7.98. The lowest BCUT2D eigenvalue weighted by Gasteiger charge is -2.27. The Bertz CT molecular complexity index is 1280. The van der Waals surface area contributed by atoms with Crippen LogP contribution in [0.4, 0.5) is 13.2 Å². The first kappa shape index (κ1) is 21.7. The number of halogens is 4. The van der Waals surface area contributed by atoms with Gasteiger partial charge in [-0.1, -0.05) is 23.7 Å². The third-order valence-corrected chi connectivity index (χ3v) is 5.88. The summed E-state index contributed by atoms with van der Waals surface area (Å²) >= 11 is 5.96. The summed E-state index contributed by atoms with van der Waals surface area (Å²) in [6.45, 7) is 2.02. The number of benzene rings is 2. The van der Waals surface area contributed by atoms with Gasteiger partial charge in [-0.3, -0.25) is 4.90 Å². The third-order valence-electron chi connectivity index (χ3n) is 5.63. The maximum Gasteiger partial charge on any atom is 0.416 e. The number of hydrogen-bond donors (Lipinski definition) is 0. The molecule has 8 heteroatoms. The molecule has 3 heterocycles. The highest BCUT2D eigenvalue weighted by molar-refractivity contribution is 6.30. The van der Waals surface area contributed by atoms with E-state index in [1.54, 1.807) is 12.1 Å². The van der Waals surface area contributed by atoms with Crippen LogP contribution in [0.15, 0.2) is 71.3 Å². The summed E-state index contributed by atoms with van der Waals surface area (Å²) in [5, 5.41) is 0.668. The SMILES string of the molecule is FC(F)(F)c1cccc(-c2ccc(CN3CCc4nc(-c5ccc(Cl)cc5)ncc4C3)o2)c1. The van der Waals surface area contributed by atoms with Gasteiger partial charge in [0.2, 0.25) is 0 Å². The molecule has 0 unspecified atom stereocenters. The molecular formula is C25H19ClF3N3O. The third kappa shape index (κ3) is 4.79. The molecule has 0 amide bonds. The molecule has 0 fully saturated rings. The van der Waals surface area contributed by atoms with Crippen LogP contribution in [0.1, 0.15) is 22.6 Å². The van der Waals surface area contributed by atoms with Crippen molar-refractivity contribution in [3.05, 3.63) is 94.5 Å². The van der Waals surface area contributed by atoms with Crippen LogP contribution < -0.4 is 0 Å². The molecule has 1 aliphatic rings. The Morgan fingerprint density at radius 1 is 1.00 bits per heavy atom. The van der Waals surface area contributed by atoms with Crippen molar-refractivity contribution in [2.75, 3.05) is 6.54 Å². The fourth-order valence-electron chi connectivity index (χ4n) is 3.93. The van der Waals surface area contributed by atoms with Crippen LogP contribution in [0.25, 0.3) is 22.7 Å². The van der Waals surface area contributed by atoms with Crippen LogP contribution in [-0.2, 0) is 25.7 Å². The molecule has 2 aromatic heterocycles. The molecule has 2 aromatic carbocycles. The van der Waals surface area contributed by atoms with Gasteiger partial charge >= 0.3 is 6.18 Å². The molecule has 0 saturated carbocycles. The molecular weight excluding hydrogens is 451 g/mol. The highest BCUT2D eigenvalue weighted by Gasteiger charge is 2.30. The molecule has 4 nitrogen and oxygen atoms in total. The van der Waals surface area contributed by atoms with Gasteiger partial charge in [-0.05, 0) is 48.5 Å². The molecule has 168 valence electrons. The molecule has 0 bridgehead atoms. The van der Waals surface area contributed by atoms with Gasteiger partial charge in [-0.15, -0.1) is 0 Å². The van der Waals surface area contributed by atoms with Crippen molar-refractivity contribution in [3.8, 4) is 22.7 Å². The van der Waals surface area contributed by atoms with Crippen molar-refractivity contribution in [2.45, 2.75) is 25.7 Å². The summed E-state index contributed by atoms with van der Waals surface area (Å²) in [5.41, 5.74) is 2.72. The second kappa shape index (κ2) is 8.65. The van der Waals surface area contributed by atoms with Gasteiger partial charge in [0, 0.05) is 47.4 Å². The van der Waals surface area contributed by atoms with E-state index in [0.29, 0.717) is 41.0 Å². The molecule has 0 spiro atoms. The van der Waals surface area contributed by atoms with E-state index in [4.69, 9.17) is 21.0 Å². The Morgan fingerprint density at radius 2 is 1.82 bits per heavy atom. The Morgan fingerprint density at radius 3 is 2.61 bits per heavy atom. The Labute approximate surface area is 193 Å². The van der Waals surface area contributed by atoms with Gasteiger partial charge < -0.3 is 4.42 Å². The van der Waals surface area contributed by atoms with E-state index in [1.807, 2.05) is 36.5 Å². The number of alkyl halides is 3. The van der Waals surface area contributed by atoms with Gasteiger partial charge in [-0.25, -0.2) is 9.97 Å². The molecule has 0 aliphatic carbocycles. The van der Waals surface area contributed by atoms with E-state index < -0.39 is 11.7 Å². The fraction of sp³-hybridized carbons (Fsp3) is 0.200. The molecule has 1 aliphatic heterocycles. The van der Waals surface area contributed by atoms with Crippen molar-refractivity contribution < 1.29 is 17.6 Å². The number of fused-ring (bicyclic) bond motifs is 1. The molecule has 0 saturated heterocycles. The number of hydrogen-bond acceptors (Lipinski definition) is 4. The standard InChI is InChI=1S/C25H19ClF3N3O/c26-20-6-4-16(5-7-20)24-30-13-18-14-32(11-10-22(18)31-24)15-21-8-9-23(33-21)17-2-1-3-19(12-17)25(27,28)29/h1-9,12-13H,10-11,14-15H2. The normalized spacial score (nSPS) is 14.3. The smallest absolute Gasteiger partial charge is 0.416 e. The highest BCUT2D eigenvalue weighted by Crippen LogP contribution is 2.33. The summed E-state index contributed by atoms with van der Waals surface area (Å²) in [5.74, 6) is 1.80. The van der Waals surface area contributed by atoms with Gasteiger partial charge in [0.25, 0.3) is 0 Å². The molecule has 0 N–H and O–H groups in total. The molecule has 5 rings (SSSR count). The highest BCUT2D eigenvalue weighted by atomic mass is 35.5. The van der Waals surface area contributed by atoms with Crippen LogP contribution >= 0.6 is 11.6 Å². The average Bonchev–Trinajstić information content (AvgIpc) is 3.27. The zero-order chi connectivity index (χ0) is 23.0. The average molecular weight is 470 g/mol. The van der Waals surface area contributed by atoms with Gasteiger partial charge in [0.15, 0.2) is 5.82 Å². The first-order chi connectivity index (χ1) is 15.8. The van der Waals surface area contributed by atoms with Crippen molar-refractivity contribution in [1.29, 1.82) is 0 Å². The van der Waals surface area contributed by atoms with Gasteiger partial charge in [0.05, 0.1) is 17.8 Å². The van der Waals surface area contributed by atoms with Gasteiger partial charge in [0.1, 0.15) is 11.5 Å². The number of rotatable bonds is 4. The summed E-state index contributed by atoms with van der Waals surface area (Å²) in [7, 11) is 0. The largest absolute Gasteiger partial charge is 0.460 e. The van der Waals surface area contributed by atoms with Crippen LogP contribution in [0.5, 0.6) is 0 Å². The van der Waals surface area contributed by atoms with Crippen LogP contribution in [0.2, 0.25) is 5.02 Å². The Balaban J connectivity index is 1.28.